The molecule has 2 rings (SSSR count). The van der Waals surface area contributed by atoms with Gasteiger partial charge < -0.3 is 10.2 Å². The van der Waals surface area contributed by atoms with Crippen LogP contribution in [0.2, 0.25) is 10.0 Å². The molecule has 33 heavy (non-hydrogen) atoms. The number of nitrogens with zero attached hydrogens (tertiary/aromatic N) is 2. The van der Waals surface area contributed by atoms with Gasteiger partial charge in [-0.15, -0.1) is 0 Å². The Bertz CT molecular complexity index is 1090. The van der Waals surface area contributed by atoms with Crippen molar-refractivity contribution in [3.8, 4) is 0 Å². The Morgan fingerprint density at radius 1 is 1.03 bits per heavy atom. The number of hydrogen-bond acceptors (Lipinski definition) is 4. The molecule has 0 aliphatic carbocycles. The smallest absolute Gasteiger partial charge is 0.244 e. The molecule has 0 fully saturated rings. The van der Waals surface area contributed by atoms with Gasteiger partial charge in [-0.1, -0.05) is 45.2 Å². The Kier molecular flexibility index (Phi) is 9.60. The van der Waals surface area contributed by atoms with Crippen molar-refractivity contribution in [1.82, 2.24) is 10.2 Å². The molecule has 0 aliphatic heterocycles. The van der Waals surface area contributed by atoms with Crippen LogP contribution in [0.5, 0.6) is 0 Å². The average Bonchev–Trinajstić information content (AvgIpc) is 2.70. The van der Waals surface area contributed by atoms with Crippen LogP contribution < -0.4 is 9.62 Å². The number of nitrogens with one attached hydrogen (secondary N) is 1. The third-order valence-electron chi connectivity index (χ3n) is 4.78. The predicted octanol–water partition coefficient (Wildman–Crippen LogP) is 4.46. The minimum atomic E-state index is -3.80. The summed E-state index contributed by atoms with van der Waals surface area (Å²) in [5, 5.41) is 3.45. The van der Waals surface area contributed by atoms with Gasteiger partial charge >= 0.3 is 0 Å². The second kappa shape index (κ2) is 11.6. The standard InChI is InChI=1S/C22H26BrCl2N3O4S/c1-14(2)26-22(30)15(3)27(12-18-19(24)6-5-7-20(18)25)21(29)13-28(33(4,31)32)17-10-8-16(23)9-11-17/h5-11,14-15H,12-13H2,1-4H3,(H,26,30)/t15-/m0/s1. The van der Waals surface area contributed by atoms with Gasteiger partial charge in [0.1, 0.15) is 12.6 Å². The largest absolute Gasteiger partial charge is 0.352 e. The first-order chi connectivity index (χ1) is 15.3. The van der Waals surface area contributed by atoms with Crippen molar-refractivity contribution < 1.29 is 18.0 Å². The number of hydrogen-bond donors (Lipinski definition) is 1. The van der Waals surface area contributed by atoms with Crippen LogP contribution in [0.4, 0.5) is 5.69 Å². The highest BCUT2D eigenvalue weighted by Gasteiger charge is 2.31. The molecule has 180 valence electrons. The normalized spacial score (nSPS) is 12.4. The molecule has 2 aromatic rings. The van der Waals surface area contributed by atoms with E-state index in [0.29, 0.717) is 21.3 Å². The first-order valence-corrected chi connectivity index (χ1v) is 13.5. The average molecular weight is 579 g/mol. The van der Waals surface area contributed by atoms with Gasteiger partial charge in [-0.05, 0) is 57.2 Å². The molecular weight excluding hydrogens is 553 g/mol. The van der Waals surface area contributed by atoms with Crippen LogP contribution in [0.25, 0.3) is 0 Å². The Hall–Kier alpha value is -1.81. The molecule has 0 aliphatic rings. The highest BCUT2D eigenvalue weighted by molar-refractivity contribution is 9.10. The first-order valence-electron chi connectivity index (χ1n) is 10.1. The van der Waals surface area contributed by atoms with E-state index in [2.05, 4.69) is 21.2 Å². The topological polar surface area (TPSA) is 86.8 Å². The third kappa shape index (κ3) is 7.60. The molecule has 7 nitrogen and oxygen atoms in total. The minimum absolute atomic E-state index is 0.0675. The molecular formula is C22H26BrCl2N3O4S. The molecule has 0 unspecified atom stereocenters. The number of rotatable bonds is 9. The lowest BCUT2D eigenvalue weighted by molar-refractivity contribution is -0.139. The Labute approximate surface area is 213 Å². The number of anilines is 1. The highest BCUT2D eigenvalue weighted by Crippen LogP contribution is 2.27. The van der Waals surface area contributed by atoms with Gasteiger partial charge in [0.05, 0.1) is 11.9 Å². The molecule has 0 saturated carbocycles. The van der Waals surface area contributed by atoms with Crippen molar-refractivity contribution in [2.24, 2.45) is 0 Å². The second-order valence-corrected chi connectivity index (χ2v) is 11.4. The molecule has 2 aromatic carbocycles. The fourth-order valence-electron chi connectivity index (χ4n) is 3.06. The van der Waals surface area contributed by atoms with Crippen LogP contribution in [-0.2, 0) is 26.2 Å². The van der Waals surface area contributed by atoms with E-state index in [1.165, 1.54) is 4.90 Å². The van der Waals surface area contributed by atoms with Gasteiger partial charge in [0, 0.05) is 32.7 Å². The van der Waals surface area contributed by atoms with E-state index >= 15 is 0 Å². The molecule has 0 aromatic heterocycles. The Morgan fingerprint density at radius 3 is 2.06 bits per heavy atom. The van der Waals surface area contributed by atoms with E-state index in [-0.39, 0.29) is 18.5 Å². The minimum Gasteiger partial charge on any atom is -0.352 e. The molecule has 1 atom stereocenters. The van der Waals surface area contributed by atoms with E-state index in [1.807, 2.05) is 0 Å². The fraction of sp³-hybridized carbons (Fsp3) is 0.364. The predicted molar refractivity (Wildman–Crippen MR) is 136 cm³/mol. The first kappa shape index (κ1) is 27.4. The summed E-state index contributed by atoms with van der Waals surface area (Å²) in [5.74, 6) is -0.957. The lowest BCUT2D eigenvalue weighted by atomic mass is 10.1. The molecule has 1 N–H and O–H groups in total. The van der Waals surface area contributed by atoms with Gasteiger partial charge in [0.2, 0.25) is 21.8 Å². The van der Waals surface area contributed by atoms with Crippen molar-refractivity contribution in [3.05, 3.63) is 62.5 Å². The van der Waals surface area contributed by atoms with Crippen molar-refractivity contribution in [2.45, 2.75) is 39.4 Å². The summed E-state index contributed by atoms with van der Waals surface area (Å²) in [6.45, 7) is 4.62. The van der Waals surface area contributed by atoms with Crippen LogP contribution in [0.15, 0.2) is 46.9 Å². The van der Waals surface area contributed by atoms with Crippen LogP contribution in [0.1, 0.15) is 26.3 Å². The fourth-order valence-corrected chi connectivity index (χ4v) is 4.69. The zero-order valence-electron chi connectivity index (χ0n) is 18.7. The molecule has 0 heterocycles. The quantitative estimate of drug-likeness (QED) is 0.476. The summed E-state index contributed by atoms with van der Waals surface area (Å²) >= 11 is 15.9. The van der Waals surface area contributed by atoms with E-state index in [4.69, 9.17) is 23.2 Å². The number of benzene rings is 2. The van der Waals surface area contributed by atoms with E-state index in [9.17, 15) is 18.0 Å². The summed E-state index contributed by atoms with van der Waals surface area (Å²) < 4.78 is 26.8. The monoisotopic (exact) mass is 577 g/mol. The maximum atomic E-state index is 13.4. The van der Waals surface area contributed by atoms with Gasteiger partial charge in [-0.25, -0.2) is 8.42 Å². The van der Waals surface area contributed by atoms with E-state index in [0.717, 1.165) is 15.0 Å². The second-order valence-electron chi connectivity index (χ2n) is 7.81. The van der Waals surface area contributed by atoms with Gasteiger partial charge in [-0.3, -0.25) is 13.9 Å². The Balaban J connectivity index is 2.44. The third-order valence-corrected chi connectivity index (χ3v) is 7.16. The van der Waals surface area contributed by atoms with Crippen LogP contribution in [0, 0.1) is 0 Å². The maximum Gasteiger partial charge on any atom is 0.244 e. The van der Waals surface area contributed by atoms with Crippen LogP contribution in [-0.4, -0.2) is 50.0 Å². The zero-order chi connectivity index (χ0) is 24.9. The number of carbonyl (C=O) groups excluding carboxylic acids is 2. The van der Waals surface area contributed by atoms with Gasteiger partial charge in [-0.2, -0.15) is 0 Å². The lowest BCUT2D eigenvalue weighted by Gasteiger charge is -2.32. The van der Waals surface area contributed by atoms with Gasteiger partial charge in [0.15, 0.2) is 0 Å². The molecule has 0 bridgehead atoms. The number of halogens is 3. The number of sulfonamides is 1. The summed E-state index contributed by atoms with van der Waals surface area (Å²) in [7, 11) is -3.80. The molecule has 0 saturated heterocycles. The lowest BCUT2D eigenvalue weighted by Crippen LogP contribution is -2.52. The number of carbonyl (C=O) groups is 2. The van der Waals surface area contributed by atoms with E-state index in [1.54, 1.807) is 63.2 Å². The molecule has 11 heteroatoms. The SMILES string of the molecule is CC(C)NC(=O)[C@H](C)N(Cc1c(Cl)cccc1Cl)C(=O)CN(c1ccc(Br)cc1)S(C)(=O)=O. The molecule has 0 spiro atoms. The highest BCUT2D eigenvalue weighted by atomic mass is 79.9. The van der Waals surface area contributed by atoms with E-state index < -0.39 is 28.5 Å². The maximum absolute atomic E-state index is 13.4. The summed E-state index contributed by atoms with van der Waals surface area (Å²) in [6.07, 6.45) is 1.02. The summed E-state index contributed by atoms with van der Waals surface area (Å²) in [4.78, 5) is 27.5. The summed E-state index contributed by atoms with van der Waals surface area (Å²) in [5.41, 5.74) is 0.789. The van der Waals surface area contributed by atoms with Crippen molar-refractivity contribution in [2.75, 3.05) is 17.1 Å². The molecule has 2 amide bonds. The Morgan fingerprint density at radius 2 is 1.58 bits per heavy atom. The van der Waals surface area contributed by atoms with Crippen molar-refractivity contribution in [3.63, 3.8) is 0 Å². The van der Waals surface area contributed by atoms with Crippen molar-refractivity contribution >= 4 is 66.7 Å². The van der Waals surface area contributed by atoms with Gasteiger partial charge in [0.25, 0.3) is 0 Å². The number of amides is 2. The van der Waals surface area contributed by atoms with Crippen LogP contribution >= 0.6 is 39.1 Å². The summed E-state index contributed by atoms with van der Waals surface area (Å²) in [6, 6.07) is 10.4. The molecule has 0 radical (unpaired) electrons. The van der Waals surface area contributed by atoms with Crippen molar-refractivity contribution in [1.29, 1.82) is 0 Å². The zero-order valence-corrected chi connectivity index (χ0v) is 22.6. The van der Waals surface area contributed by atoms with Crippen LogP contribution in [0.3, 0.4) is 0 Å².